The molecule has 2 amide bonds. The van der Waals surface area contributed by atoms with Crippen LogP contribution in [0.1, 0.15) is 43.6 Å². The van der Waals surface area contributed by atoms with Crippen LogP contribution in [0.4, 0.5) is 5.69 Å². The number of likely N-dealkylation sites (tertiary alicyclic amines) is 1. The topological polar surface area (TPSA) is 87.5 Å². The predicted molar refractivity (Wildman–Crippen MR) is 116 cm³/mol. The molecule has 2 heterocycles. The standard InChI is InChI=1S/C23H32N4O3/c1-15(2)14-27-17(4)19(16(3)25-27)13-22(29)26-11-9-18(10-12-26)23(30)24-20-7-5-6-8-21(20)28/h5-8,15,18,28H,9-14H2,1-4H3,(H,24,30). The first kappa shape index (κ1) is 21.9. The van der Waals surface area contributed by atoms with Crippen molar-refractivity contribution in [3.63, 3.8) is 0 Å². The number of carbonyl (C=O) groups excluding carboxylic acids is 2. The number of aromatic nitrogens is 2. The molecule has 0 saturated carbocycles. The van der Waals surface area contributed by atoms with E-state index in [1.807, 2.05) is 23.4 Å². The summed E-state index contributed by atoms with van der Waals surface area (Å²) in [6.07, 6.45) is 1.59. The van der Waals surface area contributed by atoms with Crippen LogP contribution in [-0.4, -0.2) is 44.7 Å². The highest BCUT2D eigenvalue weighted by molar-refractivity contribution is 5.94. The number of rotatable bonds is 6. The second-order valence-electron chi connectivity index (χ2n) is 8.56. The molecule has 0 spiro atoms. The van der Waals surface area contributed by atoms with Gasteiger partial charge < -0.3 is 15.3 Å². The molecule has 3 rings (SSSR count). The Kier molecular flexibility index (Phi) is 6.80. The Hall–Kier alpha value is -2.83. The van der Waals surface area contributed by atoms with E-state index in [-0.39, 0.29) is 23.5 Å². The van der Waals surface area contributed by atoms with Gasteiger partial charge in [0.1, 0.15) is 5.75 Å². The van der Waals surface area contributed by atoms with Gasteiger partial charge in [0.05, 0.1) is 17.8 Å². The summed E-state index contributed by atoms with van der Waals surface area (Å²) in [5, 5.41) is 17.2. The largest absolute Gasteiger partial charge is 0.506 e. The van der Waals surface area contributed by atoms with Gasteiger partial charge in [-0.05, 0) is 44.7 Å². The summed E-state index contributed by atoms with van der Waals surface area (Å²) in [5.74, 6) is 0.373. The molecule has 1 aromatic heterocycles. The minimum atomic E-state index is -0.161. The molecule has 2 N–H and O–H groups in total. The Labute approximate surface area is 178 Å². The second kappa shape index (κ2) is 9.32. The molecular formula is C23H32N4O3. The van der Waals surface area contributed by atoms with Crippen LogP contribution in [0.25, 0.3) is 0 Å². The third-order valence-electron chi connectivity index (χ3n) is 5.78. The van der Waals surface area contributed by atoms with E-state index in [1.165, 1.54) is 0 Å². The Morgan fingerprint density at radius 3 is 2.50 bits per heavy atom. The number of aryl methyl sites for hydroxylation is 1. The fourth-order valence-corrected chi connectivity index (χ4v) is 3.98. The predicted octanol–water partition coefficient (Wildman–Crippen LogP) is 3.28. The van der Waals surface area contributed by atoms with Gasteiger partial charge in [0.25, 0.3) is 0 Å². The zero-order valence-corrected chi connectivity index (χ0v) is 18.3. The van der Waals surface area contributed by atoms with Crippen molar-refractivity contribution in [2.75, 3.05) is 18.4 Å². The zero-order chi connectivity index (χ0) is 21.8. The number of hydrogen-bond donors (Lipinski definition) is 2. The highest BCUT2D eigenvalue weighted by Gasteiger charge is 2.28. The maximum atomic E-state index is 12.9. The number of phenols is 1. The molecule has 30 heavy (non-hydrogen) atoms. The summed E-state index contributed by atoms with van der Waals surface area (Å²) in [6.45, 7) is 10.3. The van der Waals surface area contributed by atoms with Crippen molar-refractivity contribution in [1.29, 1.82) is 0 Å². The minimum absolute atomic E-state index is 0.0576. The van der Waals surface area contributed by atoms with Gasteiger partial charge in [-0.3, -0.25) is 14.3 Å². The Bertz CT molecular complexity index is 911. The summed E-state index contributed by atoms with van der Waals surface area (Å²) in [4.78, 5) is 27.3. The van der Waals surface area contributed by atoms with Gasteiger partial charge in [-0.15, -0.1) is 0 Å². The lowest BCUT2D eigenvalue weighted by Gasteiger charge is -2.31. The van der Waals surface area contributed by atoms with Crippen molar-refractivity contribution in [2.45, 2.75) is 53.5 Å². The highest BCUT2D eigenvalue weighted by Crippen LogP contribution is 2.25. The highest BCUT2D eigenvalue weighted by atomic mass is 16.3. The van der Waals surface area contributed by atoms with Crippen molar-refractivity contribution >= 4 is 17.5 Å². The van der Waals surface area contributed by atoms with Crippen molar-refractivity contribution in [2.24, 2.45) is 11.8 Å². The average Bonchev–Trinajstić information content (AvgIpc) is 2.96. The summed E-state index contributed by atoms with van der Waals surface area (Å²) in [5.41, 5.74) is 3.41. The normalized spacial score (nSPS) is 14.9. The van der Waals surface area contributed by atoms with Crippen LogP contribution < -0.4 is 5.32 Å². The smallest absolute Gasteiger partial charge is 0.227 e. The Morgan fingerprint density at radius 1 is 1.20 bits per heavy atom. The summed E-state index contributed by atoms with van der Waals surface area (Å²) >= 11 is 0. The second-order valence-corrected chi connectivity index (χ2v) is 8.56. The summed E-state index contributed by atoms with van der Waals surface area (Å²) in [6, 6.07) is 6.70. The molecule has 1 aromatic carbocycles. The first-order chi connectivity index (χ1) is 14.3. The molecule has 1 saturated heterocycles. The lowest BCUT2D eigenvalue weighted by molar-refractivity contribution is -0.133. The molecule has 2 aromatic rings. The van der Waals surface area contributed by atoms with E-state index in [0.717, 1.165) is 23.5 Å². The fourth-order valence-electron chi connectivity index (χ4n) is 3.98. The van der Waals surface area contributed by atoms with Gasteiger partial charge in [-0.1, -0.05) is 26.0 Å². The zero-order valence-electron chi connectivity index (χ0n) is 18.3. The van der Waals surface area contributed by atoms with Gasteiger partial charge >= 0.3 is 0 Å². The van der Waals surface area contributed by atoms with E-state index in [9.17, 15) is 14.7 Å². The van der Waals surface area contributed by atoms with Crippen LogP contribution in [-0.2, 0) is 22.6 Å². The first-order valence-electron chi connectivity index (χ1n) is 10.7. The van der Waals surface area contributed by atoms with Crippen LogP contribution >= 0.6 is 0 Å². The number of nitrogens with one attached hydrogen (secondary N) is 1. The molecule has 0 bridgehead atoms. The molecule has 0 unspecified atom stereocenters. The molecule has 1 fully saturated rings. The van der Waals surface area contributed by atoms with Gasteiger partial charge in [-0.2, -0.15) is 5.10 Å². The van der Waals surface area contributed by atoms with Gasteiger partial charge in [0.15, 0.2) is 0 Å². The summed E-state index contributed by atoms with van der Waals surface area (Å²) < 4.78 is 2.00. The number of aromatic hydroxyl groups is 1. The molecule has 162 valence electrons. The SMILES string of the molecule is Cc1nn(CC(C)C)c(C)c1CC(=O)N1CCC(C(=O)Nc2ccccc2O)CC1. The van der Waals surface area contributed by atoms with Crippen molar-refractivity contribution in [1.82, 2.24) is 14.7 Å². The first-order valence-corrected chi connectivity index (χ1v) is 10.7. The number of anilines is 1. The van der Waals surface area contributed by atoms with Crippen molar-refractivity contribution in [3.8, 4) is 5.75 Å². The molecule has 7 nitrogen and oxygen atoms in total. The molecule has 0 atom stereocenters. The molecule has 0 radical (unpaired) electrons. The minimum Gasteiger partial charge on any atom is -0.506 e. The van der Waals surface area contributed by atoms with E-state index in [0.29, 0.717) is 44.0 Å². The third kappa shape index (κ3) is 5.01. The number of carbonyl (C=O) groups is 2. The van der Waals surface area contributed by atoms with Crippen LogP contribution in [0.5, 0.6) is 5.75 Å². The maximum absolute atomic E-state index is 12.9. The van der Waals surface area contributed by atoms with Crippen molar-refractivity contribution < 1.29 is 14.7 Å². The van der Waals surface area contributed by atoms with Crippen LogP contribution in [0, 0.1) is 25.7 Å². The van der Waals surface area contributed by atoms with E-state index >= 15 is 0 Å². The quantitative estimate of drug-likeness (QED) is 0.713. The summed E-state index contributed by atoms with van der Waals surface area (Å²) in [7, 11) is 0. The van der Waals surface area contributed by atoms with E-state index < -0.39 is 0 Å². The van der Waals surface area contributed by atoms with Crippen LogP contribution in [0.3, 0.4) is 0 Å². The van der Waals surface area contributed by atoms with Gasteiger partial charge in [0, 0.05) is 36.8 Å². The fraction of sp³-hybridized carbons (Fsp3) is 0.522. The Morgan fingerprint density at radius 2 is 1.87 bits per heavy atom. The number of amides is 2. The lowest BCUT2D eigenvalue weighted by atomic mass is 9.95. The molecule has 0 aliphatic carbocycles. The van der Waals surface area contributed by atoms with Gasteiger partial charge in [0.2, 0.25) is 11.8 Å². The molecule has 1 aliphatic heterocycles. The van der Waals surface area contributed by atoms with E-state index in [4.69, 9.17) is 0 Å². The number of hydrogen-bond acceptors (Lipinski definition) is 4. The number of benzene rings is 1. The molecule has 7 heteroatoms. The molecule has 1 aliphatic rings. The number of para-hydroxylation sites is 2. The van der Waals surface area contributed by atoms with Crippen LogP contribution in [0.2, 0.25) is 0 Å². The lowest BCUT2D eigenvalue weighted by Crippen LogP contribution is -2.42. The van der Waals surface area contributed by atoms with E-state index in [1.54, 1.807) is 24.3 Å². The number of piperidine rings is 1. The molecular weight excluding hydrogens is 380 g/mol. The third-order valence-corrected chi connectivity index (χ3v) is 5.78. The monoisotopic (exact) mass is 412 g/mol. The Balaban J connectivity index is 1.55. The number of nitrogens with zero attached hydrogens (tertiary/aromatic N) is 3. The van der Waals surface area contributed by atoms with Crippen LogP contribution in [0.15, 0.2) is 24.3 Å². The van der Waals surface area contributed by atoms with E-state index in [2.05, 4.69) is 24.3 Å². The van der Waals surface area contributed by atoms with Gasteiger partial charge in [-0.25, -0.2) is 0 Å². The number of phenolic OH excluding ortho intramolecular Hbond substituents is 1. The maximum Gasteiger partial charge on any atom is 0.227 e. The van der Waals surface area contributed by atoms with Crippen molar-refractivity contribution in [3.05, 3.63) is 41.2 Å². The average molecular weight is 413 g/mol.